The first-order valence-corrected chi connectivity index (χ1v) is 6.53. The van der Waals surface area contributed by atoms with Crippen LogP contribution in [0.1, 0.15) is 38.7 Å². The summed E-state index contributed by atoms with van der Waals surface area (Å²) in [5.74, 6) is 0.794. The number of aromatic nitrogens is 2. The lowest BCUT2D eigenvalue weighted by atomic mass is 10.0. The highest BCUT2D eigenvalue weighted by atomic mass is 79.9. The maximum Gasteiger partial charge on any atom is 0.144 e. The average Bonchev–Trinajstić information content (AvgIpc) is 2.31. The van der Waals surface area contributed by atoms with Gasteiger partial charge in [0.25, 0.3) is 0 Å². The quantitative estimate of drug-likeness (QED) is 0.861. The van der Waals surface area contributed by atoms with E-state index in [0.717, 1.165) is 28.8 Å². The molecular weight excluding hydrogens is 288 g/mol. The van der Waals surface area contributed by atoms with Crippen molar-refractivity contribution in [1.29, 1.82) is 0 Å². The van der Waals surface area contributed by atoms with Gasteiger partial charge in [-0.05, 0) is 35.7 Å². The van der Waals surface area contributed by atoms with Crippen LogP contribution in [0, 0.1) is 4.64 Å². The number of nitrogens with one attached hydrogen (secondary N) is 1. The molecule has 0 saturated carbocycles. The van der Waals surface area contributed by atoms with E-state index in [4.69, 9.17) is 17.0 Å². The van der Waals surface area contributed by atoms with E-state index in [1.54, 1.807) is 7.11 Å². The number of ether oxygens (including phenoxy) is 1. The van der Waals surface area contributed by atoms with Crippen molar-refractivity contribution in [1.82, 2.24) is 9.97 Å². The molecule has 1 aromatic heterocycles. The number of halogens is 1. The number of hydrogen-bond donors (Lipinski definition) is 1. The minimum atomic E-state index is -0.405. The van der Waals surface area contributed by atoms with Crippen LogP contribution in [0.15, 0.2) is 4.47 Å². The minimum absolute atomic E-state index is 0.405. The summed E-state index contributed by atoms with van der Waals surface area (Å²) in [5, 5.41) is 0. The van der Waals surface area contributed by atoms with E-state index < -0.39 is 5.60 Å². The van der Waals surface area contributed by atoms with Gasteiger partial charge < -0.3 is 9.72 Å². The standard InChI is InChI=1S/C11H17BrN2OS/c1-5-7-8(12)9(16)14-10(13-7)11(3,6-2)15-4/h5-6H2,1-4H3,(H,13,14,16). The van der Waals surface area contributed by atoms with E-state index in [0.29, 0.717) is 4.64 Å². The molecule has 0 aliphatic rings. The van der Waals surface area contributed by atoms with Gasteiger partial charge >= 0.3 is 0 Å². The molecule has 0 aromatic carbocycles. The maximum atomic E-state index is 5.51. The Kier molecular flexibility index (Phi) is 4.64. The second-order valence-corrected chi connectivity index (χ2v) is 5.00. The lowest BCUT2D eigenvalue weighted by Gasteiger charge is -2.26. The first-order chi connectivity index (χ1) is 7.48. The number of rotatable bonds is 4. The predicted octanol–water partition coefficient (Wildman–Crippen LogP) is 3.74. The van der Waals surface area contributed by atoms with Crippen molar-refractivity contribution in [2.75, 3.05) is 7.11 Å². The van der Waals surface area contributed by atoms with Gasteiger partial charge in [-0.15, -0.1) is 0 Å². The smallest absolute Gasteiger partial charge is 0.144 e. The fraction of sp³-hybridized carbons (Fsp3) is 0.636. The Bertz CT molecular complexity index is 426. The van der Waals surface area contributed by atoms with Crippen LogP contribution in [-0.2, 0) is 16.8 Å². The Balaban J connectivity index is 3.36. The van der Waals surface area contributed by atoms with Crippen molar-refractivity contribution in [2.45, 2.75) is 39.2 Å². The van der Waals surface area contributed by atoms with Gasteiger partial charge in [-0.1, -0.05) is 26.1 Å². The molecule has 1 rings (SSSR count). The van der Waals surface area contributed by atoms with Crippen LogP contribution in [0.4, 0.5) is 0 Å². The molecule has 90 valence electrons. The van der Waals surface area contributed by atoms with Crippen LogP contribution in [0.2, 0.25) is 0 Å². The summed E-state index contributed by atoms with van der Waals surface area (Å²) in [6, 6.07) is 0. The third-order valence-corrected chi connectivity index (χ3v) is 4.33. The van der Waals surface area contributed by atoms with Gasteiger partial charge in [-0.25, -0.2) is 4.98 Å². The monoisotopic (exact) mass is 304 g/mol. The molecule has 16 heavy (non-hydrogen) atoms. The summed E-state index contributed by atoms with van der Waals surface area (Å²) in [4.78, 5) is 7.68. The number of methoxy groups -OCH3 is 1. The molecular formula is C11H17BrN2OS. The third kappa shape index (κ3) is 2.52. The highest BCUT2D eigenvalue weighted by molar-refractivity contribution is 9.10. The SMILES string of the molecule is CCc1[nH]c(C(C)(CC)OC)nc(=S)c1Br. The summed E-state index contributed by atoms with van der Waals surface area (Å²) < 4.78 is 6.98. The second kappa shape index (κ2) is 5.38. The summed E-state index contributed by atoms with van der Waals surface area (Å²) >= 11 is 8.67. The van der Waals surface area contributed by atoms with E-state index in [-0.39, 0.29) is 0 Å². The van der Waals surface area contributed by atoms with Crippen LogP contribution in [0.3, 0.4) is 0 Å². The molecule has 0 fully saturated rings. The van der Waals surface area contributed by atoms with Gasteiger partial charge in [0.2, 0.25) is 0 Å². The zero-order chi connectivity index (χ0) is 12.3. The number of aryl methyl sites for hydroxylation is 1. The van der Waals surface area contributed by atoms with Crippen molar-refractivity contribution in [2.24, 2.45) is 0 Å². The average molecular weight is 305 g/mol. The Morgan fingerprint density at radius 1 is 1.50 bits per heavy atom. The van der Waals surface area contributed by atoms with E-state index in [2.05, 4.69) is 39.7 Å². The maximum absolute atomic E-state index is 5.51. The summed E-state index contributed by atoms with van der Waals surface area (Å²) in [5.41, 5.74) is 0.657. The van der Waals surface area contributed by atoms with Crippen LogP contribution >= 0.6 is 28.1 Å². The minimum Gasteiger partial charge on any atom is -0.371 e. The number of aromatic amines is 1. The van der Waals surface area contributed by atoms with E-state index >= 15 is 0 Å². The lowest BCUT2D eigenvalue weighted by Crippen LogP contribution is -2.27. The molecule has 1 heterocycles. The highest BCUT2D eigenvalue weighted by Crippen LogP contribution is 2.27. The molecule has 3 nitrogen and oxygen atoms in total. The van der Waals surface area contributed by atoms with Crippen molar-refractivity contribution < 1.29 is 4.74 Å². The Morgan fingerprint density at radius 3 is 2.56 bits per heavy atom. The van der Waals surface area contributed by atoms with Crippen molar-refractivity contribution in [3.05, 3.63) is 20.6 Å². The normalized spacial score (nSPS) is 14.8. The number of H-pyrrole nitrogens is 1. The molecule has 0 spiro atoms. The first kappa shape index (κ1) is 13.8. The molecule has 0 bridgehead atoms. The van der Waals surface area contributed by atoms with E-state index in [9.17, 15) is 0 Å². The van der Waals surface area contributed by atoms with Crippen molar-refractivity contribution in [3.63, 3.8) is 0 Å². The zero-order valence-electron chi connectivity index (χ0n) is 10.1. The highest BCUT2D eigenvalue weighted by Gasteiger charge is 2.27. The van der Waals surface area contributed by atoms with Gasteiger partial charge in [0.15, 0.2) is 0 Å². The molecule has 1 aromatic rings. The number of hydrogen-bond acceptors (Lipinski definition) is 3. The van der Waals surface area contributed by atoms with E-state index in [1.807, 2.05) is 6.92 Å². The van der Waals surface area contributed by atoms with Gasteiger partial charge in [-0.3, -0.25) is 0 Å². The summed E-state index contributed by atoms with van der Waals surface area (Å²) in [7, 11) is 1.69. The fourth-order valence-corrected chi connectivity index (χ4v) is 2.09. The van der Waals surface area contributed by atoms with Gasteiger partial charge in [0, 0.05) is 12.8 Å². The largest absolute Gasteiger partial charge is 0.371 e. The summed E-state index contributed by atoms with van der Waals surface area (Å²) in [6.07, 6.45) is 1.72. The van der Waals surface area contributed by atoms with Crippen LogP contribution in [0.5, 0.6) is 0 Å². The van der Waals surface area contributed by atoms with Crippen molar-refractivity contribution >= 4 is 28.1 Å². The predicted molar refractivity (Wildman–Crippen MR) is 71.2 cm³/mol. The summed E-state index contributed by atoms with van der Waals surface area (Å²) in [6.45, 7) is 6.15. The van der Waals surface area contributed by atoms with Gasteiger partial charge in [0.05, 0.1) is 4.47 Å². The molecule has 0 aliphatic carbocycles. The molecule has 0 radical (unpaired) electrons. The van der Waals surface area contributed by atoms with Crippen molar-refractivity contribution in [3.8, 4) is 0 Å². The second-order valence-electron chi connectivity index (χ2n) is 3.83. The van der Waals surface area contributed by atoms with Gasteiger partial charge in [0.1, 0.15) is 16.1 Å². The third-order valence-electron chi connectivity index (χ3n) is 2.92. The molecule has 0 saturated heterocycles. The number of nitrogens with zero attached hydrogens (tertiary/aromatic N) is 1. The zero-order valence-corrected chi connectivity index (χ0v) is 12.5. The van der Waals surface area contributed by atoms with Crippen LogP contribution < -0.4 is 0 Å². The Hall–Kier alpha value is -0.260. The molecule has 1 N–H and O–H groups in total. The van der Waals surface area contributed by atoms with Gasteiger partial charge in [-0.2, -0.15) is 0 Å². The molecule has 1 unspecified atom stereocenters. The van der Waals surface area contributed by atoms with E-state index in [1.165, 1.54) is 0 Å². The Labute approximate surface area is 110 Å². The molecule has 0 aliphatic heterocycles. The molecule has 0 amide bonds. The first-order valence-electron chi connectivity index (χ1n) is 5.32. The topological polar surface area (TPSA) is 37.9 Å². The fourth-order valence-electron chi connectivity index (χ4n) is 1.41. The lowest BCUT2D eigenvalue weighted by molar-refractivity contribution is -0.00927. The Morgan fingerprint density at radius 2 is 2.12 bits per heavy atom. The molecule has 1 atom stereocenters. The van der Waals surface area contributed by atoms with Crippen LogP contribution in [-0.4, -0.2) is 17.1 Å². The van der Waals surface area contributed by atoms with Crippen LogP contribution in [0.25, 0.3) is 0 Å². The molecule has 5 heteroatoms.